The van der Waals surface area contributed by atoms with Gasteiger partial charge in [-0.15, -0.1) is 0 Å². The summed E-state index contributed by atoms with van der Waals surface area (Å²) in [6.07, 6.45) is 5.48. The third-order valence-electron chi connectivity index (χ3n) is 7.18. The van der Waals surface area contributed by atoms with Gasteiger partial charge >= 0.3 is 0 Å². The number of hydrogen-bond donors (Lipinski definition) is 1. The lowest BCUT2D eigenvalue weighted by Gasteiger charge is -2.26. The average molecular weight is 528 g/mol. The van der Waals surface area contributed by atoms with Crippen molar-refractivity contribution in [2.24, 2.45) is 0 Å². The Kier molecular flexibility index (Phi) is 6.55. The minimum absolute atomic E-state index is 0.176. The normalized spacial score (nSPS) is 16.4. The topological polar surface area (TPSA) is 76.1 Å². The Balaban J connectivity index is 1.28. The molecule has 38 heavy (non-hydrogen) atoms. The quantitative estimate of drug-likeness (QED) is 0.291. The van der Waals surface area contributed by atoms with Gasteiger partial charge in [-0.2, -0.15) is 0 Å². The molecular weight excluding hydrogens is 498 g/mol. The summed E-state index contributed by atoms with van der Waals surface area (Å²) in [5, 5.41) is 12.9. The molecule has 4 aromatic carbocycles. The van der Waals surface area contributed by atoms with Crippen LogP contribution in [0.2, 0.25) is 0 Å². The Hall–Kier alpha value is -3.81. The maximum atomic E-state index is 12.2. The highest BCUT2D eigenvalue weighted by molar-refractivity contribution is 7.94. The summed E-state index contributed by atoms with van der Waals surface area (Å²) < 4.78 is 36.9. The lowest BCUT2D eigenvalue weighted by atomic mass is 9.98. The maximum absolute atomic E-state index is 12.2. The van der Waals surface area contributed by atoms with Crippen molar-refractivity contribution in [3.63, 3.8) is 0 Å². The van der Waals surface area contributed by atoms with Crippen molar-refractivity contribution in [1.82, 2.24) is 4.90 Å². The zero-order valence-corrected chi connectivity index (χ0v) is 21.8. The van der Waals surface area contributed by atoms with E-state index in [4.69, 9.17) is 9.47 Å². The number of benzene rings is 4. The summed E-state index contributed by atoms with van der Waals surface area (Å²) in [7, 11) is -3.37. The van der Waals surface area contributed by atoms with Crippen LogP contribution >= 0.6 is 0 Å². The summed E-state index contributed by atoms with van der Waals surface area (Å²) in [5.41, 5.74) is 2.32. The van der Waals surface area contributed by atoms with Gasteiger partial charge in [0.2, 0.25) is 0 Å². The zero-order valence-electron chi connectivity index (χ0n) is 21.0. The molecule has 0 radical (unpaired) electrons. The highest BCUT2D eigenvalue weighted by Crippen LogP contribution is 2.42. The highest BCUT2D eigenvalue weighted by atomic mass is 32.2. The van der Waals surface area contributed by atoms with E-state index in [0.717, 1.165) is 47.3 Å². The number of phenolic OH excluding ortho intramolecular Hbond substituents is 1. The second kappa shape index (κ2) is 10.2. The average Bonchev–Trinajstić information content (AvgIpc) is 3.24. The van der Waals surface area contributed by atoms with Crippen molar-refractivity contribution in [1.29, 1.82) is 0 Å². The molecule has 1 N–H and O–H groups in total. The van der Waals surface area contributed by atoms with E-state index >= 15 is 0 Å². The maximum Gasteiger partial charge on any atom is 0.200 e. The van der Waals surface area contributed by atoms with Gasteiger partial charge in [0.15, 0.2) is 9.84 Å². The van der Waals surface area contributed by atoms with Crippen LogP contribution in [0.25, 0.3) is 28.0 Å². The van der Waals surface area contributed by atoms with Gasteiger partial charge in [0.25, 0.3) is 0 Å². The molecule has 194 valence electrons. The SMILES string of the molecule is O=S1(=O)C=Cc2cc(-c3ccc4cc(O)ccc4c3Oc3ccc(OCCN4CCCCC4)cc3)ccc21. The van der Waals surface area contributed by atoms with Crippen molar-refractivity contribution < 1.29 is 23.0 Å². The summed E-state index contributed by atoms with van der Waals surface area (Å²) in [4.78, 5) is 2.76. The van der Waals surface area contributed by atoms with E-state index in [1.165, 1.54) is 24.7 Å². The van der Waals surface area contributed by atoms with Crippen LogP contribution in [-0.4, -0.2) is 44.7 Å². The van der Waals surface area contributed by atoms with Gasteiger partial charge in [-0.1, -0.05) is 18.6 Å². The van der Waals surface area contributed by atoms with Gasteiger partial charge in [-0.3, -0.25) is 4.90 Å². The molecule has 1 saturated heterocycles. The van der Waals surface area contributed by atoms with Crippen molar-refractivity contribution >= 4 is 26.7 Å². The monoisotopic (exact) mass is 527 g/mol. The van der Waals surface area contributed by atoms with Crippen molar-refractivity contribution in [3.05, 3.63) is 83.8 Å². The molecule has 0 bridgehead atoms. The van der Waals surface area contributed by atoms with Crippen LogP contribution in [0, 0.1) is 0 Å². The molecular formula is C31H29NO5S. The van der Waals surface area contributed by atoms with Gasteiger partial charge in [0, 0.05) is 22.9 Å². The molecule has 4 aromatic rings. The molecule has 0 spiro atoms. The lowest BCUT2D eigenvalue weighted by Crippen LogP contribution is -2.33. The first-order valence-corrected chi connectivity index (χ1v) is 14.5. The summed E-state index contributed by atoms with van der Waals surface area (Å²) in [6, 6.07) is 21.9. The van der Waals surface area contributed by atoms with Crippen LogP contribution in [0.1, 0.15) is 24.8 Å². The van der Waals surface area contributed by atoms with E-state index in [0.29, 0.717) is 28.6 Å². The molecule has 0 aromatic heterocycles. The number of fused-ring (bicyclic) bond motifs is 2. The summed E-state index contributed by atoms with van der Waals surface area (Å²) in [5.74, 6) is 2.25. The van der Waals surface area contributed by atoms with E-state index in [1.54, 1.807) is 30.3 Å². The molecule has 0 atom stereocenters. The molecule has 0 saturated carbocycles. The third-order valence-corrected chi connectivity index (χ3v) is 8.66. The molecule has 2 heterocycles. The Bertz CT molecular complexity index is 1620. The molecule has 6 rings (SSSR count). The first-order chi connectivity index (χ1) is 18.5. The highest BCUT2D eigenvalue weighted by Gasteiger charge is 2.22. The molecule has 0 unspecified atom stereocenters. The number of aromatic hydroxyl groups is 1. The number of phenols is 1. The Labute approximate surface area is 222 Å². The molecule has 2 aliphatic rings. The molecule has 0 amide bonds. The minimum atomic E-state index is -3.37. The number of likely N-dealkylation sites (tertiary alicyclic amines) is 1. The van der Waals surface area contributed by atoms with Crippen LogP contribution in [0.4, 0.5) is 0 Å². The van der Waals surface area contributed by atoms with E-state index in [1.807, 2.05) is 48.5 Å². The van der Waals surface area contributed by atoms with Crippen molar-refractivity contribution in [3.8, 4) is 34.1 Å². The van der Waals surface area contributed by atoms with Crippen LogP contribution in [0.5, 0.6) is 23.0 Å². The molecule has 2 aliphatic heterocycles. The van der Waals surface area contributed by atoms with Crippen LogP contribution in [0.3, 0.4) is 0 Å². The van der Waals surface area contributed by atoms with E-state index in [9.17, 15) is 13.5 Å². The summed E-state index contributed by atoms with van der Waals surface area (Å²) in [6.45, 7) is 3.89. The second-order valence-corrected chi connectivity index (χ2v) is 11.6. The molecule has 1 fully saturated rings. The van der Waals surface area contributed by atoms with Crippen LogP contribution < -0.4 is 9.47 Å². The number of sulfone groups is 1. The van der Waals surface area contributed by atoms with Crippen molar-refractivity contribution in [2.45, 2.75) is 24.2 Å². The smallest absolute Gasteiger partial charge is 0.200 e. The predicted molar refractivity (Wildman–Crippen MR) is 150 cm³/mol. The Morgan fingerprint density at radius 1 is 0.842 bits per heavy atom. The van der Waals surface area contributed by atoms with E-state index in [2.05, 4.69) is 4.90 Å². The predicted octanol–water partition coefficient (Wildman–Crippen LogP) is 6.63. The summed E-state index contributed by atoms with van der Waals surface area (Å²) >= 11 is 0. The number of ether oxygens (including phenoxy) is 2. The van der Waals surface area contributed by atoms with Gasteiger partial charge in [0.1, 0.15) is 29.6 Å². The molecule has 7 heteroatoms. The number of rotatable bonds is 7. The zero-order chi connectivity index (χ0) is 26.1. The largest absolute Gasteiger partial charge is 0.508 e. The van der Waals surface area contributed by atoms with Gasteiger partial charge in [-0.05, 0) is 109 Å². The third kappa shape index (κ3) is 4.99. The minimum Gasteiger partial charge on any atom is -0.508 e. The molecule has 6 nitrogen and oxygen atoms in total. The standard InChI is InChI=1S/C31H29NO5S/c33-25-6-12-29-23(21-25)4-11-28(22-5-13-30-24(20-22)14-19-38(30,34)35)31(29)37-27-9-7-26(8-10-27)36-18-17-32-15-2-1-3-16-32/h4-14,19-21,33H,1-3,15-18H2. The first kappa shape index (κ1) is 24.5. The van der Waals surface area contributed by atoms with E-state index in [-0.39, 0.29) is 5.75 Å². The van der Waals surface area contributed by atoms with Crippen molar-refractivity contribution in [2.75, 3.05) is 26.2 Å². The number of hydrogen-bond acceptors (Lipinski definition) is 6. The van der Waals surface area contributed by atoms with Gasteiger partial charge < -0.3 is 14.6 Å². The number of nitrogens with zero attached hydrogens (tertiary/aromatic N) is 1. The Morgan fingerprint density at radius 3 is 2.45 bits per heavy atom. The Morgan fingerprint density at radius 2 is 1.63 bits per heavy atom. The number of piperidine rings is 1. The van der Waals surface area contributed by atoms with Gasteiger partial charge in [-0.25, -0.2) is 8.42 Å². The fourth-order valence-electron chi connectivity index (χ4n) is 5.16. The van der Waals surface area contributed by atoms with Crippen LogP contribution in [0.15, 0.2) is 83.1 Å². The fourth-order valence-corrected chi connectivity index (χ4v) is 6.35. The van der Waals surface area contributed by atoms with Crippen LogP contribution in [-0.2, 0) is 9.84 Å². The molecule has 0 aliphatic carbocycles. The lowest BCUT2D eigenvalue weighted by molar-refractivity contribution is 0.183. The van der Waals surface area contributed by atoms with E-state index < -0.39 is 9.84 Å². The second-order valence-electron chi connectivity index (χ2n) is 9.77. The van der Waals surface area contributed by atoms with Gasteiger partial charge in [0.05, 0.1) is 4.90 Å². The fraction of sp³-hybridized carbons (Fsp3) is 0.226. The first-order valence-electron chi connectivity index (χ1n) is 12.9.